The van der Waals surface area contributed by atoms with E-state index in [0.717, 1.165) is 25.3 Å². The van der Waals surface area contributed by atoms with Gasteiger partial charge >= 0.3 is 11.9 Å². The van der Waals surface area contributed by atoms with E-state index in [4.69, 9.17) is 4.74 Å². The van der Waals surface area contributed by atoms with Crippen LogP contribution in [0.15, 0.2) is 25.3 Å². The molecule has 0 atom stereocenters. The first-order chi connectivity index (χ1) is 9.12. The number of methoxy groups -OCH3 is 1. The maximum Gasteiger partial charge on any atom is 0.330 e. The van der Waals surface area contributed by atoms with Crippen molar-refractivity contribution in [2.45, 2.75) is 26.2 Å². The van der Waals surface area contributed by atoms with E-state index in [0.29, 0.717) is 19.8 Å². The van der Waals surface area contributed by atoms with Crippen molar-refractivity contribution in [3.8, 4) is 0 Å². The van der Waals surface area contributed by atoms with Gasteiger partial charge in [-0.2, -0.15) is 0 Å². The van der Waals surface area contributed by atoms with Crippen LogP contribution in [-0.2, 0) is 23.8 Å². The highest BCUT2D eigenvalue weighted by molar-refractivity contribution is 5.81. The Morgan fingerprint density at radius 3 is 1.79 bits per heavy atom. The summed E-state index contributed by atoms with van der Waals surface area (Å²) >= 11 is 0. The molecular weight excluding hydrogens is 248 g/mol. The largest absolute Gasteiger partial charge is 0.463 e. The molecule has 0 aliphatic rings. The summed E-state index contributed by atoms with van der Waals surface area (Å²) in [5.41, 5.74) is 0. The molecular formula is C14H24O5. The molecule has 0 N–H and O–H groups in total. The molecule has 0 bridgehead atoms. The minimum Gasteiger partial charge on any atom is -0.463 e. The lowest BCUT2D eigenvalue weighted by atomic mass is 10.4. The minimum absolute atomic E-state index is 0.330. The number of carbonyl (C=O) groups is 2. The number of esters is 2. The third-order valence-electron chi connectivity index (χ3n) is 1.81. The number of rotatable bonds is 9. The van der Waals surface area contributed by atoms with Crippen molar-refractivity contribution in [2.24, 2.45) is 0 Å². The molecule has 0 amide bonds. The van der Waals surface area contributed by atoms with Crippen molar-refractivity contribution in [2.75, 3.05) is 26.9 Å². The van der Waals surface area contributed by atoms with Crippen LogP contribution in [0.1, 0.15) is 26.2 Å². The maximum absolute atomic E-state index is 10.4. The minimum atomic E-state index is -0.379. The maximum atomic E-state index is 10.4. The molecule has 110 valence electrons. The second-order valence-electron chi connectivity index (χ2n) is 3.44. The van der Waals surface area contributed by atoms with E-state index in [1.165, 1.54) is 6.08 Å². The molecule has 0 saturated heterocycles. The molecule has 0 fully saturated rings. The van der Waals surface area contributed by atoms with E-state index in [1.807, 2.05) is 6.92 Å². The van der Waals surface area contributed by atoms with Gasteiger partial charge in [-0.05, 0) is 6.42 Å². The highest BCUT2D eigenvalue weighted by Gasteiger charge is 1.93. The van der Waals surface area contributed by atoms with Gasteiger partial charge in [-0.1, -0.05) is 26.5 Å². The summed E-state index contributed by atoms with van der Waals surface area (Å²) in [5, 5.41) is 0. The average Bonchev–Trinajstić information content (AvgIpc) is 2.44. The van der Waals surface area contributed by atoms with Crippen molar-refractivity contribution in [1.82, 2.24) is 0 Å². The summed E-state index contributed by atoms with van der Waals surface area (Å²) in [6.45, 7) is 10.1. The Kier molecular flexibility index (Phi) is 17.0. The zero-order valence-electron chi connectivity index (χ0n) is 11.9. The molecule has 5 heteroatoms. The van der Waals surface area contributed by atoms with E-state index >= 15 is 0 Å². The molecule has 0 radical (unpaired) electrons. The number of hydrogen-bond acceptors (Lipinski definition) is 5. The Balaban J connectivity index is 0. The Morgan fingerprint density at radius 2 is 1.42 bits per heavy atom. The molecule has 0 aliphatic heterocycles. The first-order valence-corrected chi connectivity index (χ1v) is 6.19. The average molecular weight is 272 g/mol. The van der Waals surface area contributed by atoms with Gasteiger partial charge < -0.3 is 14.2 Å². The molecule has 0 unspecified atom stereocenters. The summed E-state index contributed by atoms with van der Waals surface area (Å²) in [6, 6.07) is 0. The highest BCUT2D eigenvalue weighted by atomic mass is 16.5. The molecule has 0 aromatic heterocycles. The zero-order chi connectivity index (χ0) is 14.9. The van der Waals surface area contributed by atoms with Crippen molar-refractivity contribution < 1.29 is 23.8 Å². The smallest absolute Gasteiger partial charge is 0.330 e. The van der Waals surface area contributed by atoms with Crippen LogP contribution in [0.2, 0.25) is 0 Å². The first-order valence-electron chi connectivity index (χ1n) is 6.19. The summed E-state index contributed by atoms with van der Waals surface area (Å²) in [5.74, 6) is -0.709. The van der Waals surface area contributed by atoms with Crippen LogP contribution >= 0.6 is 0 Å². The first kappa shape index (κ1) is 19.7. The summed E-state index contributed by atoms with van der Waals surface area (Å²) < 4.78 is 14.1. The van der Waals surface area contributed by atoms with Gasteiger partial charge in [0.15, 0.2) is 0 Å². The van der Waals surface area contributed by atoms with Crippen molar-refractivity contribution >= 4 is 11.9 Å². The van der Waals surface area contributed by atoms with E-state index < -0.39 is 0 Å². The van der Waals surface area contributed by atoms with Crippen molar-refractivity contribution in [1.29, 1.82) is 0 Å². The van der Waals surface area contributed by atoms with Crippen LogP contribution in [0, 0.1) is 0 Å². The van der Waals surface area contributed by atoms with Gasteiger partial charge in [-0.3, -0.25) is 0 Å². The molecule has 0 aromatic rings. The van der Waals surface area contributed by atoms with Gasteiger partial charge in [-0.15, -0.1) is 0 Å². The van der Waals surface area contributed by atoms with E-state index in [9.17, 15) is 9.59 Å². The molecule has 0 heterocycles. The number of hydrogen-bond donors (Lipinski definition) is 0. The lowest BCUT2D eigenvalue weighted by Crippen LogP contribution is -2.03. The van der Waals surface area contributed by atoms with Crippen molar-refractivity contribution in [3.63, 3.8) is 0 Å². The molecule has 0 spiro atoms. The second kappa shape index (κ2) is 16.4. The van der Waals surface area contributed by atoms with Gasteiger partial charge in [0.2, 0.25) is 0 Å². The van der Waals surface area contributed by atoms with Crippen LogP contribution in [0.5, 0.6) is 0 Å². The summed E-state index contributed by atoms with van der Waals surface area (Å²) in [7, 11) is 1.61. The molecule has 0 aromatic carbocycles. The molecule has 19 heavy (non-hydrogen) atoms. The third kappa shape index (κ3) is 18.9. The Labute approximate surface area is 115 Å². The number of unbranched alkanes of at least 4 members (excludes halogenated alkanes) is 1. The summed E-state index contributed by atoms with van der Waals surface area (Å²) in [6.07, 6.45) is 5.03. The van der Waals surface area contributed by atoms with Crippen LogP contribution in [0.4, 0.5) is 0 Å². The van der Waals surface area contributed by atoms with Crippen LogP contribution in [0.25, 0.3) is 0 Å². The molecule has 0 saturated carbocycles. The topological polar surface area (TPSA) is 61.8 Å². The van der Waals surface area contributed by atoms with E-state index in [1.54, 1.807) is 7.11 Å². The predicted molar refractivity (Wildman–Crippen MR) is 73.7 cm³/mol. The van der Waals surface area contributed by atoms with Gasteiger partial charge in [0.05, 0.1) is 13.2 Å². The zero-order valence-corrected chi connectivity index (χ0v) is 11.9. The Bertz CT molecular complexity index is 261. The fourth-order valence-corrected chi connectivity index (χ4v) is 0.811. The Morgan fingerprint density at radius 1 is 0.947 bits per heavy atom. The predicted octanol–water partition coefficient (Wildman–Crippen LogP) is 2.27. The quantitative estimate of drug-likeness (QED) is 0.366. The van der Waals surface area contributed by atoms with Gasteiger partial charge in [0.1, 0.15) is 0 Å². The molecule has 5 nitrogen and oxygen atoms in total. The van der Waals surface area contributed by atoms with Gasteiger partial charge in [0.25, 0.3) is 0 Å². The lowest BCUT2D eigenvalue weighted by Gasteiger charge is -1.99. The normalized spacial score (nSPS) is 8.74. The van der Waals surface area contributed by atoms with Crippen LogP contribution < -0.4 is 0 Å². The van der Waals surface area contributed by atoms with Crippen LogP contribution in [-0.4, -0.2) is 38.9 Å². The number of carbonyl (C=O) groups excluding carboxylic acids is 2. The van der Waals surface area contributed by atoms with Gasteiger partial charge in [-0.25, -0.2) is 9.59 Å². The van der Waals surface area contributed by atoms with Crippen LogP contribution in [0.3, 0.4) is 0 Å². The monoisotopic (exact) mass is 272 g/mol. The van der Waals surface area contributed by atoms with E-state index in [-0.39, 0.29) is 11.9 Å². The Hall–Kier alpha value is -1.62. The highest BCUT2D eigenvalue weighted by Crippen LogP contribution is 1.88. The SMILES string of the molecule is C=CC(=O)OCCCC.C=CC(=O)OCCCOC. The van der Waals surface area contributed by atoms with Crippen molar-refractivity contribution in [3.05, 3.63) is 25.3 Å². The van der Waals surface area contributed by atoms with Gasteiger partial charge in [0, 0.05) is 32.3 Å². The standard InChI is InChI=1S/C7H12O3.C7H12O2/c1-3-7(8)10-6-4-5-9-2;1-3-5-6-9-7(8)4-2/h3H,1,4-6H2,2H3;4H,2-3,5-6H2,1H3. The fraction of sp³-hybridized carbons (Fsp3) is 0.571. The lowest BCUT2D eigenvalue weighted by molar-refractivity contribution is -0.138. The van der Waals surface area contributed by atoms with E-state index in [2.05, 4.69) is 22.6 Å². The summed E-state index contributed by atoms with van der Waals surface area (Å²) in [4.78, 5) is 20.7. The molecule has 0 rings (SSSR count). The fourth-order valence-electron chi connectivity index (χ4n) is 0.811. The number of ether oxygens (including phenoxy) is 3. The molecule has 0 aliphatic carbocycles. The second-order valence-corrected chi connectivity index (χ2v) is 3.44. The third-order valence-corrected chi connectivity index (χ3v) is 1.81.